The van der Waals surface area contributed by atoms with Crippen molar-refractivity contribution in [2.75, 3.05) is 11.5 Å². The fraction of sp³-hybridized carbons (Fsp3) is 0.462. The molecular weight excluding hydrogens is 237 g/mol. The van der Waals surface area contributed by atoms with Gasteiger partial charge in [0.05, 0.1) is 5.56 Å². The lowest BCUT2D eigenvalue weighted by molar-refractivity contribution is 0.0930. The van der Waals surface area contributed by atoms with Crippen LogP contribution in [0.15, 0.2) is 18.2 Å². The van der Waals surface area contributed by atoms with Gasteiger partial charge >= 0.3 is 0 Å². The van der Waals surface area contributed by atoms with Gasteiger partial charge < -0.3 is 5.32 Å². The van der Waals surface area contributed by atoms with E-state index in [2.05, 4.69) is 5.32 Å². The van der Waals surface area contributed by atoms with Crippen molar-refractivity contribution in [1.82, 2.24) is 5.32 Å². The fourth-order valence-electron chi connectivity index (χ4n) is 1.92. The molecular formula is C13H16FNOS. The van der Waals surface area contributed by atoms with Crippen molar-refractivity contribution in [3.05, 3.63) is 35.1 Å². The van der Waals surface area contributed by atoms with Crippen LogP contribution in [0.5, 0.6) is 0 Å². The summed E-state index contributed by atoms with van der Waals surface area (Å²) >= 11 is 1.90. The first-order chi connectivity index (χ1) is 8.16. The number of hydrogen-bond acceptors (Lipinski definition) is 2. The minimum absolute atomic E-state index is 0.156. The smallest absolute Gasteiger partial charge is 0.254 e. The lowest BCUT2D eigenvalue weighted by Gasteiger charge is -2.22. The number of hydrogen-bond donors (Lipinski definition) is 1. The van der Waals surface area contributed by atoms with Crippen LogP contribution in [-0.2, 0) is 0 Å². The molecule has 1 saturated heterocycles. The third-order valence-corrected chi connectivity index (χ3v) is 3.97. The molecule has 0 aliphatic carbocycles. The number of rotatable bonds is 2. The molecule has 1 aromatic rings. The maximum atomic E-state index is 13.5. The first kappa shape index (κ1) is 12.4. The predicted molar refractivity (Wildman–Crippen MR) is 69.0 cm³/mol. The van der Waals surface area contributed by atoms with Gasteiger partial charge in [0.1, 0.15) is 5.82 Å². The molecule has 0 aromatic heterocycles. The number of nitrogens with one attached hydrogen (secondary N) is 1. The van der Waals surface area contributed by atoms with Crippen LogP contribution in [0.25, 0.3) is 0 Å². The van der Waals surface area contributed by atoms with E-state index in [1.807, 2.05) is 18.7 Å². The zero-order valence-electron chi connectivity index (χ0n) is 9.83. The number of benzene rings is 1. The van der Waals surface area contributed by atoms with Crippen molar-refractivity contribution >= 4 is 17.7 Å². The lowest BCUT2D eigenvalue weighted by Crippen LogP contribution is -2.37. The van der Waals surface area contributed by atoms with E-state index in [4.69, 9.17) is 0 Å². The van der Waals surface area contributed by atoms with Crippen LogP contribution < -0.4 is 5.32 Å². The summed E-state index contributed by atoms with van der Waals surface area (Å²) in [7, 11) is 0. The van der Waals surface area contributed by atoms with Crippen molar-refractivity contribution in [1.29, 1.82) is 0 Å². The summed E-state index contributed by atoms with van der Waals surface area (Å²) in [4.78, 5) is 11.9. The molecule has 92 valence electrons. The zero-order chi connectivity index (χ0) is 12.3. The molecule has 0 atom stereocenters. The Bertz CT molecular complexity index is 416. The Morgan fingerprint density at radius 1 is 1.41 bits per heavy atom. The average Bonchev–Trinajstić information content (AvgIpc) is 2.33. The Balaban J connectivity index is 2.05. The van der Waals surface area contributed by atoms with E-state index in [1.165, 1.54) is 6.07 Å². The third-order valence-electron chi connectivity index (χ3n) is 2.92. The Kier molecular flexibility index (Phi) is 4.05. The van der Waals surface area contributed by atoms with Crippen LogP contribution in [0.1, 0.15) is 28.8 Å². The van der Waals surface area contributed by atoms with E-state index in [-0.39, 0.29) is 17.5 Å². The molecule has 1 aliphatic rings. The summed E-state index contributed by atoms with van der Waals surface area (Å²) < 4.78 is 13.5. The highest BCUT2D eigenvalue weighted by molar-refractivity contribution is 7.99. The Hall–Kier alpha value is -1.03. The number of amides is 1. The van der Waals surface area contributed by atoms with Crippen molar-refractivity contribution < 1.29 is 9.18 Å². The number of carbonyl (C=O) groups excluding carboxylic acids is 1. The Labute approximate surface area is 105 Å². The van der Waals surface area contributed by atoms with E-state index < -0.39 is 5.82 Å². The molecule has 2 nitrogen and oxygen atoms in total. The topological polar surface area (TPSA) is 29.1 Å². The van der Waals surface area contributed by atoms with Crippen LogP contribution in [0.3, 0.4) is 0 Å². The lowest BCUT2D eigenvalue weighted by atomic mass is 10.1. The second kappa shape index (κ2) is 5.54. The maximum Gasteiger partial charge on any atom is 0.254 e. The highest BCUT2D eigenvalue weighted by atomic mass is 32.2. The van der Waals surface area contributed by atoms with E-state index in [0.29, 0.717) is 0 Å². The fourth-order valence-corrected chi connectivity index (χ4v) is 3.02. The van der Waals surface area contributed by atoms with Gasteiger partial charge in [-0.3, -0.25) is 4.79 Å². The van der Waals surface area contributed by atoms with E-state index in [1.54, 1.807) is 12.1 Å². The third kappa shape index (κ3) is 3.22. The van der Waals surface area contributed by atoms with Crippen molar-refractivity contribution in [2.24, 2.45) is 0 Å². The van der Waals surface area contributed by atoms with E-state index in [9.17, 15) is 9.18 Å². The van der Waals surface area contributed by atoms with Gasteiger partial charge in [-0.25, -0.2) is 4.39 Å². The minimum Gasteiger partial charge on any atom is -0.349 e. The van der Waals surface area contributed by atoms with Gasteiger partial charge in [-0.15, -0.1) is 0 Å². The summed E-state index contributed by atoms with van der Waals surface area (Å²) in [6, 6.07) is 4.82. The van der Waals surface area contributed by atoms with Gasteiger partial charge in [-0.2, -0.15) is 11.8 Å². The van der Waals surface area contributed by atoms with Crippen LogP contribution in [0, 0.1) is 12.7 Å². The first-order valence-electron chi connectivity index (χ1n) is 5.81. The molecule has 0 saturated carbocycles. The Morgan fingerprint density at radius 3 is 2.82 bits per heavy atom. The van der Waals surface area contributed by atoms with Gasteiger partial charge in [0.2, 0.25) is 0 Å². The quantitative estimate of drug-likeness (QED) is 0.878. The SMILES string of the molecule is Cc1ccc(F)c(C(=O)NC2CCSCC2)c1. The summed E-state index contributed by atoms with van der Waals surface area (Å²) in [5.74, 6) is 1.41. The highest BCUT2D eigenvalue weighted by Gasteiger charge is 2.18. The number of carbonyl (C=O) groups is 1. The van der Waals surface area contributed by atoms with Gasteiger partial charge in [0, 0.05) is 6.04 Å². The van der Waals surface area contributed by atoms with Crippen molar-refractivity contribution in [3.8, 4) is 0 Å². The molecule has 0 radical (unpaired) electrons. The molecule has 1 heterocycles. The molecule has 1 fully saturated rings. The maximum absolute atomic E-state index is 13.5. The molecule has 0 bridgehead atoms. The normalized spacial score (nSPS) is 16.8. The molecule has 4 heteroatoms. The number of thioether (sulfide) groups is 1. The molecule has 1 aromatic carbocycles. The molecule has 1 N–H and O–H groups in total. The van der Waals surface area contributed by atoms with Crippen LogP contribution in [-0.4, -0.2) is 23.5 Å². The van der Waals surface area contributed by atoms with E-state index in [0.717, 1.165) is 29.9 Å². The first-order valence-corrected chi connectivity index (χ1v) is 6.97. The summed E-state index contributed by atoms with van der Waals surface area (Å²) in [6.45, 7) is 1.85. The van der Waals surface area contributed by atoms with Gasteiger partial charge in [-0.05, 0) is 43.4 Å². The summed E-state index contributed by atoms with van der Waals surface area (Å²) in [5, 5.41) is 2.91. The Morgan fingerprint density at radius 2 is 2.12 bits per heavy atom. The van der Waals surface area contributed by atoms with Gasteiger partial charge in [0.25, 0.3) is 5.91 Å². The van der Waals surface area contributed by atoms with E-state index >= 15 is 0 Å². The monoisotopic (exact) mass is 253 g/mol. The standard InChI is InChI=1S/C13H16FNOS/c1-9-2-3-12(14)11(8-9)13(16)15-10-4-6-17-7-5-10/h2-3,8,10H,4-7H2,1H3,(H,15,16). The predicted octanol–water partition coefficient (Wildman–Crippen LogP) is 2.76. The van der Waals surface area contributed by atoms with Gasteiger partial charge in [0.15, 0.2) is 0 Å². The largest absolute Gasteiger partial charge is 0.349 e. The second-order valence-corrected chi connectivity index (χ2v) is 5.57. The number of halogens is 1. The van der Waals surface area contributed by atoms with Crippen LogP contribution >= 0.6 is 11.8 Å². The van der Waals surface area contributed by atoms with Crippen molar-refractivity contribution in [2.45, 2.75) is 25.8 Å². The molecule has 1 aliphatic heterocycles. The minimum atomic E-state index is -0.446. The summed E-state index contributed by atoms with van der Waals surface area (Å²) in [5.41, 5.74) is 1.05. The van der Waals surface area contributed by atoms with Crippen molar-refractivity contribution in [3.63, 3.8) is 0 Å². The van der Waals surface area contributed by atoms with Crippen LogP contribution in [0.4, 0.5) is 4.39 Å². The van der Waals surface area contributed by atoms with Gasteiger partial charge in [-0.1, -0.05) is 11.6 Å². The molecule has 0 spiro atoms. The average molecular weight is 253 g/mol. The molecule has 1 amide bonds. The van der Waals surface area contributed by atoms with Crippen LogP contribution in [0.2, 0.25) is 0 Å². The zero-order valence-corrected chi connectivity index (χ0v) is 10.6. The molecule has 17 heavy (non-hydrogen) atoms. The summed E-state index contributed by atoms with van der Waals surface area (Å²) in [6.07, 6.45) is 1.95. The number of aryl methyl sites for hydroxylation is 1. The molecule has 0 unspecified atom stereocenters. The highest BCUT2D eigenvalue weighted by Crippen LogP contribution is 2.18. The second-order valence-electron chi connectivity index (χ2n) is 4.34. The molecule has 2 rings (SSSR count).